The molecule has 20 heavy (non-hydrogen) atoms. The van der Waals surface area contributed by atoms with Crippen molar-refractivity contribution in [3.05, 3.63) is 0 Å². The van der Waals surface area contributed by atoms with E-state index in [1.165, 1.54) is 0 Å². The van der Waals surface area contributed by atoms with E-state index < -0.39 is 7.82 Å². The van der Waals surface area contributed by atoms with Crippen LogP contribution in [0.15, 0.2) is 0 Å². The van der Waals surface area contributed by atoms with Crippen molar-refractivity contribution in [1.82, 2.24) is 0 Å². The number of primary amides is 3. The van der Waals surface area contributed by atoms with Crippen molar-refractivity contribution in [1.29, 1.82) is 0 Å². The number of carbonyl (C=O) groups excluding carboxylic acids is 3. The summed E-state index contributed by atoms with van der Waals surface area (Å²) in [5.41, 5.74) is 14.0. The quantitative estimate of drug-likeness (QED) is 0.347. The number of rotatable bonds is 3. The lowest BCUT2D eigenvalue weighted by atomic mass is 10.5. The van der Waals surface area contributed by atoms with Gasteiger partial charge in [-0.25, -0.2) is 4.57 Å². The number of amides is 3. The second-order valence-corrected chi connectivity index (χ2v) is 4.00. The van der Waals surface area contributed by atoms with Crippen LogP contribution < -0.4 is 17.2 Å². The molecule has 3 amide bonds. The lowest BCUT2D eigenvalue weighted by Gasteiger charge is -1.82. The summed E-state index contributed by atoms with van der Waals surface area (Å²) in [6, 6.07) is 0. The molecule has 0 heterocycles. The Bertz CT molecular complexity index is 275. The van der Waals surface area contributed by atoms with Gasteiger partial charge in [0, 0.05) is 19.3 Å². The first-order valence-corrected chi connectivity index (χ1v) is 7.01. The summed E-state index contributed by atoms with van der Waals surface area (Å²) in [5.74, 6) is -0.736. The molecule has 0 spiro atoms. The molecule has 9 N–H and O–H groups in total. The second kappa shape index (κ2) is 17.5. The summed E-state index contributed by atoms with van der Waals surface area (Å²) < 4.78 is 8.88. The van der Waals surface area contributed by atoms with Crippen molar-refractivity contribution in [2.24, 2.45) is 17.2 Å². The molecular weight excluding hydrogens is 293 g/mol. The summed E-state index contributed by atoms with van der Waals surface area (Å²) in [7, 11) is -4.64. The third kappa shape index (κ3) is 195. The van der Waals surface area contributed by atoms with E-state index in [2.05, 4.69) is 17.2 Å². The molecule has 0 aromatic heterocycles. The van der Waals surface area contributed by atoms with Crippen molar-refractivity contribution < 1.29 is 33.6 Å². The largest absolute Gasteiger partial charge is 0.466 e. The molecule has 0 atom stereocenters. The predicted molar refractivity (Wildman–Crippen MR) is 72.7 cm³/mol. The van der Waals surface area contributed by atoms with Gasteiger partial charge in [0.15, 0.2) is 0 Å². The summed E-state index contributed by atoms with van der Waals surface area (Å²) in [5, 5.41) is 0. The number of hydrogen-bond donors (Lipinski definition) is 6. The van der Waals surface area contributed by atoms with Crippen LogP contribution in [0.3, 0.4) is 0 Å². The van der Waals surface area contributed by atoms with Crippen LogP contribution in [0, 0.1) is 0 Å². The Kier molecular flexibility index (Phi) is 23.6. The Hall–Kier alpha value is -1.48. The van der Waals surface area contributed by atoms with Crippen LogP contribution in [0.1, 0.15) is 40.0 Å². The van der Waals surface area contributed by atoms with Crippen LogP contribution >= 0.6 is 7.82 Å². The van der Waals surface area contributed by atoms with Crippen molar-refractivity contribution in [3.8, 4) is 0 Å². The number of hydrogen-bond acceptors (Lipinski definition) is 4. The van der Waals surface area contributed by atoms with Gasteiger partial charge in [-0.05, 0) is 0 Å². The van der Waals surface area contributed by atoms with Crippen LogP contribution in [0.4, 0.5) is 0 Å². The van der Waals surface area contributed by atoms with Gasteiger partial charge in [0.25, 0.3) is 0 Å². The normalized spacial score (nSPS) is 8.50. The van der Waals surface area contributed by atoms with Gasteiger partial charge in [-0.3, -0.25) is 14.4 Å². The minimum atomic E-state index is -4.64. The summed E-state index contributed by atoms with van der Waals surface area (Å²) >= 11 is 0. The minimum absolute atomic E-state index is 0.245. The van der Waals surface area contributed by atoms with Crippen LogP contribution in [0.25, 0.3) is 0 Å². The fourth-order valence-corrected chi connectivity index (χ4v) is 0. The lowest BCUT2D eigenvalue weighted by Crippen LogP contribution is -2.06. The lowest BCUT2D eigenvalue weighted by molar-refractivity contribution is -0.118. The topological polar surface area (TPSA) is 207 Å². The molecule has 10 nitrogen and oxygen atoms in total. The summed E-state index contributed by atoms with van der Waals surface area (Å²) in [6.07, 6.45) is 1.33. The molecule has 0 aromatic rings. The van der Waals surface area contributed by atoms with E-state index in [-0.39, 0.29) is 17.7 Å². The van der Waals surface area contributed by atoms with Gasteiger partial charge in [0.1, 0.15) is 0 Å². The number of carbonyl (C=O) groups is 3. The van der Waals surface area contributed by atoms with Gasteiger partial charge in [0.05, 0.1) is 0 Å². The van der Waals surface area contributed by atoms with Gasteiger partial charge < -0.3 is 31.9 Å². The minimum Gasteiger partial charge on any atom is -0.370 e. The molecule has 11 heteroatoms. The van der Waals surface area contributed by atoms with Gasteiger partial charge in [-0.2, -0.15) is 0 Å². The van der Waals surface area contributed by atoms with Crippen molar-refractivity contribution in [2.45, 2.75) is 40.0 Å². The van der Waals surface area contributed by atoms with E-state index in [4.69, 9.17) is 19.2 Å². The highest BCUT2D eigenvalue weighted by atomic mass is 31.2. The zero-order valence-electron chi connectivity index (χ0n) is 11.8. The van der Waals surface area contributed by atoms with Crippen LogP contribution in [0.2, 0.25) is 0 Å². The van der Waals surface area contributed by atoms with Gasteiger partial charge in [-0.1, -0.05) is 20.8 Å². The van der Waals surface area contributed by atoms with Crippen molar-refractivity contribution >= 4 is 25.5 Å². The zero-order valence-corrected chi connectivity index (χ0v) is 12.7. The summed E-state index contributed by atoms with van der Waals surface area (Å²) in [6.45, 7) is 5.17. The van der Waals surface area contributed by atoms with E-state index in [0.29, 0.717) is 19.3 Å². The standard InChI is InChI=1S/3C3H7NO.H3O4P/c3*1-2-3(4)5;1-5(2,3)4/h3*2H2,1H3,(H2,4,5);(H3,1,2,3,4). The molecule has 0 aliphatic heterocycles. The van der Waals surface area contributed by atoms with E-state index in [9.17, 15) is 14.4 Å². The molecular formula is C9H24N3O7P. The van der Waals surface area contributed by atoms with Crippen LogP contribution in [0.5, 0.6) is 0 Å². The van der Waals surface area contributed by atoms with E-state index in [0.717, 1.165) is 0 Å². The number of phosphoric acid groups is 1. The Morgan fingerprint density at radius 3 is 0.800 bits per heavy atom. The maximum atomic E-state index is 9.59. The Morgan fingerprint density at radius 2 is 0.800 bits per heavy atom. The highest BCUT2D eigenvalue weighted by molar-refractivity contribution is 7.45. The van der Waals surface area contributed by atoms with E-state index in [1.807, 2.05) is 0 Å². The van der Waals surface area contributed by atoms with Crippen molar-refractivity contribution in [3.63, 3.8) is 0 Å². The third-order valence-electron chi connectivity index (χ3n) is 1.05. The first-order chi connectivity index (χ1) is 8.81. The Morgan fingerprint density at radius 1 is 0.750 bits per heavy atom. The second-order valence-electron chi connectivity index (χ2n) is 2.97. The molecule has 0 bridgehead atoms. The van der Waals surface area contributed by atoms with Crippen LogP contribution in [-0.4, -0.2) is 32.4 Å². The molecule has 0 rings (SSSR count). The van der Waals surface area contributed by atoms with E-state index >= 15 is 0 Å². The van der Waals surface area contributed by atoms with Gasteiger partial charge in [0.2, 0.25) is 17.7 Å². The van der Waals surface area contributed by atoms with Gasteiger partial charge >= 0.3 is 7.82 Å². The molecule has 0 radical (unpaired) electrons. The van der Waals surface area contributed by atoms with E-state index in [1.54, 1.807) is 20.8 Å². The third-order valence-corrected chi connectivity index (χ3v) is 1.05. The summed E-state index contributed by atoms with van der Waals surface area (Å²) in [4.78, 5) is 50.3. The fraction of sp³-hybridized carbons (Fsp3) is 0.667. The highest BCUT2D eigenvalue weighted by Crippen LogP contribution is 2.25. The first-order valence-electron chi connectivity index (χ1n) is 5.44. The molecule has 122 valence electrons. The molecule has 0 saturated heterocycles. The molecule has 0 fully saturated rings. The Balaban J connectivity index is -0.0000000853. The Labute approximate surface area is 117 Å². The average Bonchev–Trinajstić information content (AvgIpc) is 2.28. The first kappa shape index (κ1) is 27.0. The predicted octanol–water partition coefficient (Wildman–Crippen LogP) is -1.28. The highest BCUT2D eigenvalue weighted by Gasteiger charge is 2.00. The van der Waals surface area contributed by atoms with Crippen molar-refractivity contribution in [2.75, 3.05) is 0 Å². The molecule has 0 aliphatic carbocycles. The fourth-order valence-electron chi connectivity index (χ4n) is 0. The smallest absolute Gasteiger partial charge is 0.370 e. The zero-order chi connectivity index (χ0) is 17.4. The monoisotopic (exact) mass is 317 g/mol. The maximum absolute atomic E-state index is 9.59. The molecule has 0 saturated carbocycles. The SMILES string of the molecule is CCC(N)=O.CCC(N)=O.CCC(N)=O.O=P(O)(O)O. The molecule has 0 unspecified atom stereocenters. The number of nitrogens with two attached hydrogens (primary N) is 3. The molecule has 0 aliphatic rings. The molecule has 0 aromatic carbocycles. The average molecular weight is 317 g/mol. The van der Waals surface area contributed by atoms with Crippen LogP contribution in [-0.2, 0) is 18.9 Å². The van der Waals surface area contributed by atoms with Gasteiger partial charge in [-0.15, -0.1) is 0 Å². The maximum Gasteiger partial charge on any atom is 0.466 e.